The first-order chi connectivity index (χ1) is 9.65. The Morgan fingerprint density at radius 2 is 2.05 bits per heavy atom. The molecule has 0 radical (unpaired) electrons. The maximum atomic E-state index is 12.6. The van der Waals surface area contributed by atoms with Gasteiger partial charge in [-0.2, -0.15) is 0 Å². The molecule has 0 aliphatic heterocycles. The number of hydrogen-bond acceptors (Lipinski definition) is 4. The highest BCUT2D eigenvalue weighted by molar-refractivity contribution is 6.07. The Morgan fingerprint density at radius 3 is 2.55 bits per heavy atom. The van der Waals surface area contributed by atoms with E-state index in [0.29, 0.717) is 25.1 Å². The third kappa shape index (κ3) is 3.96. The van der Waals surface area contributed by atoms with Crippen LogP contribution in [0.1, 0.15) is 24.8 Å². The molecule has 110 valence electrons. The topological polar surface area (TPSA) is 99.2 Å². The Kier molecular flexibility index (Phi) is 6.52. The molecular formula is C14H21N3O3. The Morgan fingerprint density at radius 1 is 1.40 bits per heavy atom. The van der Waals surface area contributed by atoms with E-state index in [-0.39, 0.29) is 18.3 Å². The second kappa shape index (κ2) is 8.16. The van der Waals surface area contributed by atoms with Gasteiger partial charge >= 0.3 is 0 Å². The zero-order valence-electron chi connectivity index (χ0n) is 11.6. The molecule has 1 aromatic carbocycles. The van der Waals surface area contributed by atoms with E-state index in [9.17, 15) is 4.79 Å². The largest absolute Gasteiger partial charge is 0.409 e. The van der Waals surface area contributed by atoms with Crippen LogP contribution >= 0.6 is 0 Å². The molecule has 0 spiro atoms. The molecule has 0 aromatic heterocycles. The van der Waals surface area contributed by atoms with Crippen LogP contribution in [-0.4, -0.2) is 46.7 Å². The van der Waals surface area contributed by atoms with Gasteiger partial charge in [-0.05, 0) is 18.9 Å². The number of likely N-dealkylation sites (N-methyl/N-ethyl adjacent to an activating group) is 1. The summed E-state index contributed by atoms with van der Waals surface area (Å²) >= 11 is 0. The summed E-state index contributed by atoms with van der Waals surface area (Å²) in [5, 5.41) is 20.8. The van der Waals surface area contributed by atoms with Crippen LogP contribution in [0.25, 0.3) is 0 Å². The number of aliphatic hydroxyl groups is 1. The highest BCUT2D eigenvalue weighted by Crippen LogP contribution is 2.19. The minimum atomic E-state index is -0.806. The second-order valence-corrected chi connectivity index (χ2v) is 4.36. The number of rotatable bonds is 7. The van der Waals surface area contributed by atoms with Crippen molar-refractivity contribution in [2.45, 2.75) is 19.3 Å². The minimum Gasteiger partial charge on any atom is -0.409 e. The van der Waals surface area contributed by atoms with Crippen molar-refractivity contribution in [1.82, 2.24) is 4.90 Å². The maximum absolute atomic E-state index is 12.6. The SMILES string of the molecule is CCN(CCCO)C(=O)C(/C(N)=N/O)c1ccccc1. The van der Waals surface area contributed by atoms with Crippen LogP contribution in [0, 0.1) is 0 Å². The lowest BCUT2D eigenvalue weighted by atomic mass is 9.96. The molecule has 0 saturated carbocycles. The van der Waals surface area contributed by atoms with E-state index in [2.05, 4.69) is 5.16 Å². The first-order valence-electron chi connectivity index (χ1n) is 6.57. The molecule has 0 saturated heterocycles. The van der Waals surface area contributed by atoms with Crippen molar-refractivity contribution >= 4 is 11.7 Å². The van der Waals surface area contributed by atoms with Gasteiger partial charge in [0, 0.05) is 19.7 Å². The van der Waals surface area contributed by atoms with Gasteiger partial charge in [0.2, 0.25) is 5.91 Å². The molecule has 1 rings (SSSR count). The van der Waals surface area contributed by atoms with Gasteiger partial charge in [0.05, 0.1) is 0 Å². The summed E-state index contributed by atoms with van der Waals surface area (Å²) in [5.41, 5.74) is 6.35. The lowest BCUT2D eigenvalue weighted by molar-refractivity contribution is -0.131. The summed E-state index contributed by atoms with van der Waals surface area (Å²) in [7, 11) is 0. The van der Waals surface area contributed by atoms with E-state index in [1.54, 1.807) is 29.2 Å². The number of nitrogens with zero attached hydrogens (tertiary/aromatic N) is 2. The number of carbonyl (C=O) groups is 1. The molecule has 0 bridgehead atoms. The quantitative estimate of drug-likeness (QED) is 0.297. The van der Waals surface area contributed by atoms with Crippen molar-refractivity contribution in [2.75, 3.05) is 19.7 Å². The van der Waals surface area contributed by atoms with Gasteiger partial charge in [0.15, 0.2) is 5.84 Å². The normalized spacial score (nSPS) is 13.0. The summed E-state index contributed by atoms with van der Waals surface area (Å²) in [6.45, 7) is 2.81. The highest BCUT2D eigenvalue weighted by Gasteiger charge is 2.28. The second-order valence-electron chi connectivity index (χ2n) is 4.36. The van der Waals surface area contributed by atoms with Crippen molar-refractivity contribution in [1.29, 1.82) is 0 Å². The summed E-state index contributed by atoms with van der Waals surface area (Å²) in [6.07, 6.45) is 0.497. The minimum absolute atomic E-state index is 0.0172. The van der Waals surface area contributed by atoms with Gasteiger partial charge in [0.25, 0.3) is 0 Å². The Labute approximate surface area is 118 Å². The van der Waals surface area contributed by atoms with Gasteiger partial charge < -0.3 is 20.9 Å². The third-order valence-corrected chi connectivity index (χ3v) is 3.07. The first-order valence-corrected chi connectivity index (χ1v) is 6.57. The average molecular weight is 279 g/mol. The van der Waals surface area contributed by atoms with Gasteiger partial charge in [0.1, 0.15) is 5.92 Å². The van der Waals surface area contributed by atoms with Crippen LogP contribution in [0.5, 0.6) is 0 Å². The van der Waals surface area contributed by atoms with E-state index in [1.807, 2.05) is 13.0 Å². The summed E-state index contributed by atoms with van der Waals surface area (Å²) in [5.74, 6) is -1.18. The molecule has 6 nitrogen and oxygen atoms in total. The predicted molar refractivity (Wildman–Crippen MR) is 76.5 cm³/mol. The first kappa shape index (κ1) is 16.0. The number of nitrogens with two attached hydrogens (primary N) is 1. The van der Waals surface area contributed by atoms with E-state index in [0.717, 1.165) is 0 Å². The number of amides is 1. The monoisotopic (exact) mass is 279 g/mol. The average Bonchev–Trinajstić information content (AvgIpc) is 2.49. The van der Waals surface area contributed by atoms with Crippen molar-refractivity contribution in [2.24, 2.45) is 10.9 Å². The summed E-state index contributed by atoms with van der Waals surface area (Å²) in [6, 6.07) is 8.95. The van der Waals surface area contributed by atoms with E-state index >= 15 is 0 Å². The van der Waals surface area contributed by atoms with Gasteiger partial charge in [-0.15, -0.1) is 0 Å². The number of hydrogen-bond donors (Lipinski definition) is 3. The zero-order valence-corrected chi connectivity index (χ0v) is 11.6. The van der Waals surface area contributed by atoms with Crippen LogP contribution in [0.3, 0.4) is 0 Å². The highest BCUT2D eigenvalue weighted by atomic mass is 16.4. The summed E-state index contributed by atoms with van der Waals surface area (Å²) in [4.78, 5) is 14.1. The fourth-order valence-corrected chi connectivity index (χ4v) is 2.01. The lowest BCUT2D eigenvalue weighted by Gasteiger charge is -2.25. The molecule has 1 amide bonds. The molecule has 4 N–H and O–H groups in total. The lowest BCUT2D eigenvalue weighted by Crippen LogP contribution is -2.41. The Bertz CT molecular complexity index is 448. The molecule has 1 aromatic rings. The Balaban J connectivity index is 3.02. The number of aliphatic hydroxyl groups excluding tert-OH is 1. The van der Waals surface area contributed by atoms with Crippen LogP contribution < -0.4 is 5.73 Å². The molecule has 20 heavy (non-hydrogen) atoms. The van der Waals surface area contributed by atoms with Gasteiger partial charge in [-0.3, -0.25) is 4.79 Å². The molecule has 1 atom stereocenters. The predicted octanol–water partition coefficient (Wildman–Crippen LogP) is 0.748. The molecule has 0 aliphatic carbocycles. The zero-order chi connectivity index (χ0) is 15.0. The van der Waals surface area contributed by atoms with Gasteiger partial charge in [-0.25, -0.2) is 0 Å². The van der Waals surface area contributed by atoms with E-state index < -0.39 is 5.92 Å². The van der Waals surface area contributed by atoms with Crippen LogP contribution in [0.2, 0.25) is 0 Å². The fraction of sp³-hybridized carbons (Fsp3) is 0.429. The van der Waals surface area contributed by atoms with Crippen LogP contribution in [0.4, 0.5) is 0 Å². The Hall–Kier alpha value is -2.08. The number of oxime groups is 1. The molecule has 0 heterocycles. The summed E-state index contributed by atoms with van der Waals surface area (Å²) < 4.78 is 0. The third-order valence-electron chi connectivity index (χ3n) is 3.07. The molecule has 1 unspecified atom stereocenters. The molecule has 0 aliphatic rings. The molecular weight excluding hydrogens is 258 g/mol. The van der Waals surface area contributed by atoms with Crippen LogP contribution in [-0.2, 0) is 4.79 Å². The van der Waals surface area contributed by atoms with Crippen molar-refractivity contribution in [3.63, 3.8) is 0 Å². The van der Waals surface area contributed by atoms with E-state index in [1.165, 1.54) is 0 Å². The van der Waals surface area contributed by atoms with E-state index in [4.69, 9.17) is 16.0 Å². The number of carbonyl (C=O) groups excluding carboxylic acids is 1. The maximum Gasteiger partial charge on any atom is 0.237 e. The van der Waals surface area contributed by atoms with Crippen LogP contribution in [0.15, 0.2) is 35.5 Å². The van der Waals surface area contributed by atoms with Gasteiger partial charge in [-0.1, -0.05) is 35.5 Å². The standard InChI is InChI=1S/C14H21N3O3/c1-2-17(9-6-10-18)14(19)12(13(15)16-20)11-7-4-3-5-8-11/h3-5,7-8,12,18,20H,2,6,9-10H2,1H3,(H2,15,16). The van der Waals surface area contributed by atoms with Crippen molar-refractivity contribution < 1.29 is 15.1 Å². The van der Waals surface area contributed by atoms with Crippen molar-refractivity contribution in [3.8, 4) is 0 Å². The fourth-order valence-electron chi connectivity index (χ4n) is 2.01. The smallest absolute Gasteiger partial charge is 0.237 e. The molecule has 0 fully saturated rings. The number of benzene rings is 1. The van der Waals surface area contributed by atoms with Crippen molar-refractivity contribution in [3.05, 3.63) is 35.9 Å². The molecule has 6 heteroatoms. The number of amidine groups is 1.